The Hall–Kier alpha value is -1.53. The van der Waals surface area contributed by atoms with Crippen LogP contribution < -0.4 is 10.4 Å². The molecule has 2 saturated carbocycles. The first-order valence-electron chi connectivity index (χ1n) is 23.5. The molecule has 0 amide bonds. The maximum Gasteiger partial charge on any atom is -0.147 e. The summed E-state index contributed by atoms with van der Waals surface area (Å²) in [5, 5.41) is 3.10. The van der Waals surface area contributed by atoms with E-state index in [-0.39, 0.29) is 24.8 Å². The van der Waals surface area contributed by atoms with Gasteiger partial charge in [0.2, 0.25) is 0 Å². The SMILES string of the molecule is C[Si](C)(C)c1ccc(-c2cccc3c2C=C(CC2CCCCCC2)[CH]3[Zr]([CH3])([CH3])(=[SiH2])[CH]2C(CC3CCCCCC3)=Cc3c(-c4ccc([Si](C)(C)C)cc4)cccc32)cc1.Cl.Cl. The van der Waals surface area contributed by atoms with Crippen LogP contribution in [0.1, 0.15) is 119 Å². The summed E-state index contributed by atoms with van der Waals surface area (Å²) in [6.45, 7) is 17.4. The van der Waals surface area contributed by atoms with Crippen molar-refractivity contribution < 1.29 is 17.4 Å². The van der Waals surface area contributed by atoms with Crippen molar-refractivity contribution in [2.24, 2.45) is 11.8 Å². The van der Waals surface area contributed by atoms with Gasteiger partial charge in [-0.05, 0) is 0 Å². The molecule has 8 rings (SSSR count). The van der Waals surface area contributed by atoms with E-state index in [1.807, 2.05) is 0 Å². The van der Waals surface area contributed by atoms with Crippen molar-refractivity contribution in [1.82, 2.24) is 0 Å². The van der Waals surface area contributed by atoms with Crippen LogP contribution in [0.2, 0.25) is 48.5 Å². The molecule has 0 spiro atoms. The van der Waals surface area contributed by atoms with Gasteiger partial charge in [0, 0.05) is 0 Å². The Morgan fingerprint density at radius 1 is 0.483 bits per heavy atom. The molecule has 60 heavy (non-hydrogen) atoms. The smallest absolute Gasteiger partial charge is 0.147 e. The number of hydrogen-bond donors (Lipinski definition) is 0. The molecular weight excluding hydrogens is 895 g/mol. The Kier molecular flexibility index (Phi) is 15.1. The van der Waals surface area contributed by atoms with E-state index in [1.54, 1.807) is 43.8 Å². The van der Waals surface area contributed by atoms with Crippen LogP contribution in [0, 0.1) is 11.8 Å². The number of allylic oxidation sites excluding steroid dienone is 2. The Morgan fingerprint density at radius 2 is 0.817 bits per heavy atom. The van der Waals surface area contributed by atoms with E-state index in [0.717, 1.165) is 11.8 Å². The molecule has 0 heterocycles. The third-order valence-electron chi connectivity index (χ3n) is 15.3. The van der Waals surface area contributed by atoms with Crippen molar-refractivity contribution in [3.63, 3.8) is 0 Å². The van der Waals surface area contributed by atoms with Crippen LogP contribution in [-0.2, 0) is 17.4 Å². The number of hydrogen-bond acceptors (Lipinski definition) is 0. The van der Waals surface area contributed by atoms with E-state index in [9.17, 15) is 0 Å². The standard InChI is InChI=1S/2C26H33Si.2CH3.2ClH.H2Si.Zr/c2*1-27(2,3)24-15-13-22(14-16-24)25-12-8-11-23-18-21(19-26(23)25)17-20-9-6-4-5-7-10-20;;;;;;/h2*8,11-16,18-20H,4-7,9-10,17H2,1-3H3;2*1H3;2*1H;1H2;. The van der Waals surface area contributed by atoms with Crippen molar-refractivity contribution in [2.45, 2.75) is 146 Å². The zero-order valence-electron chi connectivity index (χ0n) is 38.5. The zero-order chi connectivity index (χ0) is 40.9. The number of rotatable bonds is 10. The maximum atomic E-state index is 2.92. The summed E-state index contributed by atoms with van der Waals surface area (Å²) >= 11 is -3.88. The quantitative estimate of drug-likeness (QED) is 0.110. The topological polar surface area (TPSA) is 0 Å². The minimum Gasteiger partial charge on any atom is -0.147 e. The molecule has 0 aromatic heterocycles. The van der Waals surface area contributed by atoms with Gasteiger partial charge in [-0.25, -0.2) is 0 Å². The molecule has 4 aliphatic carbocycles. The van der Waals surface area contributed by atoms with Crippen molar-refractivity contribution in [1.29, 1.82) is 0 Å². The van der Waals surface area contributed by atoms with Crippen LogP contribution in [0.15, 0.2) is 96.1 Å². The second kappa shape index (κ2) is 18.9. The van der Waals surface area contributed by atoms with Gasteiger partial charge in [-0.15, -0.1) is 24.8 Å². The molecule has 0 saturated heterocycles. The van der Waals surface area contributed by atoms with Crippen LogP contribution in [-0.4, -0.2) is 23.0 Å². The maximum absolute atomic E-state index is 3.88. The zero-order valence-corrected chi connectivity index (χ0v) is 46.0. The fourth-order valence-electron chi connectivity index (χ4n) is 12.3. The average Bonchev–Trinajstić information content (AvgIpc) is 3.49. The first kappa shape index (κ1) is 47.9. The van der Waals surface area contributed by atoms with Gasteiger partial charge in [0.05, 0.1) is 0 Å². The molecule has 2 unspecified atom stereocenters. The molecule has 0 nitrogen and oxygen atoms in total. The van der Waals surface area contributed by atoms with Gasteiger partial charge < -0.3 is 0 Å². The van der Waals surface area contributed by atoms with Crippen molar-refractivity contribution in [3.8, 4) is 22.3 Å². The van der Waals surface area contributed by atoms with Gasteiger partial charge in [-0.3, -0.25) is 0 Å². The molecule has 4 aromatic rings. The second-order valence-corrected chi connectivity index (χ2v) is 63.3. The van der Waals surface area contributed by atoms with Gasteiger partial charge in [-0.1, -0.05) is 0 Å². The minimum atomic E-state index is -3.88. The summed E-state index contributed by atoms with van der Waals surface area (Å²) in [6, 6.07) is 34.5. The predicted molar refractivity (Wildman–Crippen MR) is 278 cm³/mol. The molecule has 2 atom stereocenters. The second-order valence-electron chi connectivity index (χ2n) is 22.6. The van der Waals surface area contributed by atoms with Gasteiger partial charge in [-0.2, -0.15) is 0 Å². The van der Waals surface area contributed by atoms with E-state index in [2.05, 4.69) is 153 Å². The molecule has 4 aromatic carbocycles. The monoisotopic (exact) mass is 968 g/mol. The van der Waals surface area contributed by atoms with E-state index in [0.29, 0.717) is 7.25 Å². The molecule has 0 bridgehead atoms. The molecule has 2 fully saturated rings. The van der Waals surface area contributed by atoms with Crippen LogP contribution in [0.4, 0.5) is 0 Å². The van der Waals surface area contributed by atoms with Crippen molar-refractivity contribution >= 4 is 70.4 Å². The van der Waals surface area contributed by atoms with E-state index < -0.39 is 33.5 Å². The molecule has 0 aliphatic heterocycles. The summed E-state index contributed by atoms with van der Waals surface area (Å²) in [7, 11) is -2.75. The number of fused-ring (bicyclic) bond motifs is 2. The van der Waals surface area contributed by atoms with Gasteiger partial charge >= 0.3 is 361 Å². The third kappa shape index (κ3) is 9.90. The largest absolute Gasteiger partial charge is 0.147 e. The van der Waals surface area contributed by atoms with Gasteiger partial charge in [0.15, 0.2) is 0 Å². The van der Waals surface area contributed by atoms with Crippen molar-refractivity contribution in [3.05, 3.63) is 118 Å². The Morgan fingerprint density at radius 3 is 1.13 bits per heavy atom. The molecule has 6 heteroatoms. The molecule has 322 valence electrons. The van der Waals surface area contributed by atoms with Crippen molar-refractivity contribution in [2.75, 3.05) is 0 Å². The summed E-state index contributed by atoms with van der Waals surface area (Å²) in [4.78, 5) is 0. The predicted octanol–water partition coefficient (Wildman–Crippen LogP) is 15.6. The Labute approximate surface area is 382 Å². The van der Waals surface area contributed by atoms with Gasteiger partial charge in [0.25, 0.3) is 0 Å². The van der Waals surface area contributed by atoms with Gasteiger partial charge in [0.1, 0.15) is 0 Å². The molecule has 4 aliphatic rings. The van der Waals surface area contributed by atoms with Crippen LogP contribution in [0.5, 0.6) is 0 Å². The van der Waals surface area contributed by atoms with Crippen LogP contribution in [0.3, 0.4) is 0 Å². The summed E-state index contributed by atoms with van der Waals surface area (Å²) in [5.74, 6) is 1.64. The number of halogens is 2. The first-order chi connectivity index (χ1) is 27.6. The molecular formula is C54H76Cl2Si3Zr. The number of benzene rings is 4. The minimum absolute atomic E-state index is 0. The summed E-state index contributed by atoms with van der Waals surface area (Å²) < 4.78 is 6.97. The molecule has 0 radical (unpaired) electrons. The average molecular weight is 972 g/mol. The molecule has 0 N–H and O–H groups in total. The van der Waals surface area contributed by atoms with E-state index in [1.165, 1.54) is 112 Å². The third-order valence-corrected chi connectivity index (χ3v) is 37.0. The fourth-order valence-corrected chi connectivity index (χ4v) is 34.4. The van der Waals surface area contributed by atoms with E-state index in [4.69, 9.17) is 0 Å². The van der Waals surface area contributed by atoms with Crippen LogP contribution in [0.25, 0.3) is 34.4 Å². The Balaban J connectivity index is 0.00000302. The fraction of sp³-hybridized carbons (Fsp3) is 0.481. The van der Waals surface area contributed by atoms with Crippen LogP contribution >= 0.6 is 24.8 Å². The first-order valence-corrected chi connectivity index (χ1v) is 44.2. The summed E-state index contributed by atoms with van der Waals surface area (Å²) in [6.07, 6.45) is 25.2. The normalized spacial score (nSPS) is 20.5. The summed E-state index contributed by atoms with van der Waals surface area (Å²) in [5.41, 5.74) is 15.8. The Bertz CT molecular complexity index is 2090. The van der Waals surface area contributed by atoms with E-state index >= 15 is 0 Å².